The number of aryl methyl sites for hydroxylation is 1. The summed E-state index contributed by atoms with van der Waals surface area (Å²) in [5, 5.41) is 39.0. The van der Waals surface area contributed by atoms with Gasteiger partial charge in [0.25, 0.3) is 0 Å². The van der Waals surface area contributed by atoms with Gasteiger partial charge in [-0.3, -0.25) is 0 Å². The van der Waals surface area contributed by atoms with Crippen LogP contribution in [0.4, 0.5) is 28.8 Å². The number of anilines is 3. The van der Waals surface area contributed by atoms with Gasteiger partial charge in [0.1, 0.15) is 29.1 Å². The highest BCUT2D eigenvalue weighted by Gasteiger charge is 2.20. The molecule has 0 aliphatic heterocycles. The first-order valence-corrected chi connectivity index (χ1v) is 10.9. The van der Waals surface area contributed by atoms with E-state index in [0.717, 1.165) is 5.69 Å². The number of aromatic nitrogens is 4. The van der Waals surface area contributed by atoms with Gasteiger partial charge in [0.05, 0.1) is 18.4 Å². The Morgan fingerprint density at radius 1 is 0.972 bits per heavy atom. The van der Waals surface area contributed by atoms with Crippen LogP contribution in [0.5, 0.6) is 5.75 Å². The van der Waals surface area contributed by atoms with E-state index in [1.807, 2.05) is 30.3 Å². The van der Waals surface area contributed by atoms with Gasteiger partial charge < -0.3 is 15.4 Å². The highest BCUT2D eigenvalue weighted by atomic mass is 16.5. The Kier molecular flexibility index (Phi) is 6.84. The molecule has 4 aromatic rings. The van der Waals surface area contributed by atoms with E-state index >= 15 is 0 Å². The molecule has 0 aliphatic rings. The van der Waals surface area contributed by atoms with Crippen molar-refractivity contribution in [1.29, 1.82) is 10.5 Å². The number of nitrogens with one attached hydrogen (secondary N) is 2. The summed E-state index contributed by atoms with van der Waals surface area (Å²) in [7, 11) is 3.30. The lowest BCUT2D eigenvalue weighted by molar-refractivity contribution is 0.415. The number of ether oxygens (including phenoxy) is 1. The van der Waals surface area contributed by atoms with E-state index in [2.05, 4.69) is 48.1 Å². The van der Waals surface area contributed by atoms with Gasteiger partial charge in [-0.05, 0) is 50.2 Å². The van der Waals surface area contributed by atoms with Crippen molar-refractivity contribution in [2.24, 2.45) is 10.2 Å². The number of rotatable bonds is 7. The monoisotopic (exact) mass is 478 g/mol. The van der Waals surface area contributed by atoms with E-state index in [4.69, 9.17) is 4.74 Å². The first-order valence-electron chi connectivity index (χ1n) is 10.9. The van der Waals surface area contributed by atoms with Gasteiger partial charge in [-0.2, -0.15) is 20.3 Å². The predicted molar refractivity (Wildman–Crippen MR) is 134 cm³/mol. The maximum absolute atomic E-state index is 9.90. The van der Waals surface area contributed by atoms with E-state index in [-0.39, 0.29) is 11.4 Å². The molecule has 11 heteroatoms. The van der Waals surface area contributed by atoms with Crippen LogP contribution in [0.15, 0.2) is 58.9 Å². The Balaban J connectivity index is 1.78. The Bertz CT molecular complexity index is 1510. The highest BCUT2D eigenvalue weighted by Crippen LogP contribution is 2.36. The molecule has 0 aliphatic carbocycles. The van der Waals surface area contributed by atoms with E-state index in [1.165, 1.54) is 4.68 Å². The standard InChI is InChI=1S/C25H22N10O/c1-15-19(13-26)23(30-17-8-10-18(36-4)11-9-17)31-24(28-3)22(15)32-33-25-20(14-27)16(2)34-35(25)21-7-5-6-12-29-21/h5-12H,1-4H3,(H2,28,30,31). The largest absolute Gasteiger partial charge is 0.497 e. The molecule has 0 saturated heterocycles. The van der Waals surface area contributed by atoms with E-state index < -0.39 is 0 Å². The molecule has 0 saturated carbocycles. The van der Waals surface area contributed by atoms with Crippen LogP contribution in [0.25, 0.3) is 5.82 Å². The predicted octanol–water partition coefficient (Wildman–Crippen LogP) is 5.23. The first-order chi connectivity index (χ1) is 17.5. The van der Waals surface area contributed by atoms with Gasteiger partial charge in [0.2, 0.25) is 0 Å². The maximum Gasteiger partial charge on any atom is 0.197 e. The molecular weight excluding hydrogens is 456 g/mol. The summed E-state index contributed by atoms with van der Waals surface area (Å²) in [6.45, 7) is 3.48. The second kappa shape index (κ2) is 10.3. The van der Waals surface area contributed by atoms with Crippen LogP contribution >= 0.6 is 0 Å². The Morgan fingerprint density at radius 2 is 1.72 bits per heavy atom. The normalized spacial score (nSPS) is 10.6. The third kappa shape index (κ3) is 4.54. The average Bonchev–Trinajstić information content (AvgIpc) is 3.23. The topological polar surface area (TPSA) is 149 Å². The molecule has 11 nitrogen and oxygen atoms in total. The van der Waals surface area contributed by atoms with Crippen molar-refractivity contribution >= 4 is 28.8 Å². The van der Waals surface area contributed by atoms with Crippen molar-refractivity contribution in [2.45, 2.75) is 13.8 Å². The molecule has 1 aromatic carbocycles. The molecule has 3 aromatic heterocycles. The lowest BCUT2D eigenvalue weighted by Gasteiger charge is -2.14. The van der Waals surface area contributed by atoms with Crippen LogP contribution in [0, 0.1) is 36.5 Å². The molecule has 3 heterocycles. The number of methoxy groups -OCH3 is 1. The quantitative estimate of drug-likeness (QED) is 0.343. The van der Waals surface area contributed by atoms with Crippen LogP contribution in [0.3, 0.4) is 0 Å². The Morgan fingerprint density at radius 3 is 2.33 bits per heavy atom. The first kappa shape index (κ1) is 23.9. The zero-order valence-electron chi connectivity index (χ0n) is 20.1. The fourth-order valence-corrected chi connectivity index (χ4v) is 3.50. The molecule has 0 bridgehead atoms. The summed E-state index contributed by atoms with van der Waals surface area (Å²) in [6.07, 6.45) is 1.63. The minimum absolute atomic E-state index is 0.231. The molecule has 0 amide bonds. The summed E-state index contributed by atoms with van der Waals surface area (Å²) >= 11 is 0. The molecule has 0 fully saturated rings. The number of nitriles is 2. The summed E-state index contributed by atoms with van der Waals surface area (Å²) in [5.74, 6) is 2.22. The molecule has 0 spiro atoms. The molecule has 0 radical (unpaired) electrons. The smallest absolute Gasteiger partial charge is 0.197 e. The third-order valence-electron chi connectivity index (χ3n) is 5.38. The molecule has 36 heavy (non-hydrogen) atoms. The fraction of sp³-hybridized carbons (Fsp3) is 0.160. The van der Waals surface area contributed by atoms with Gasteiger partial charge in [0.15, 0.2) is 23.3 Å². The van der Waals surface area contributed by atoms with E-state index in [1.54, 1.807) is 46.3 Å². The lowest BCUT2D eigenvalue weighted by Crippen LogP contribution is -2.04. The molecule has 178 valence electrons. The second-order valence-electron chi connectivity index (χ2n) is 7.57. The maximum atomic E-state index is 9.90. The number of hydrogen-bond acceptors (Lipinski definition) is 10. The minimum atomic E-state index is 0.231. The van der Waals surface area contributed by atoms with Crippen molar-refractivity contribution in [3.8, 4) is 23.7 Å². The van der Waals surface area contributed by atoms with Crippen LogP contribution in [0.2, 0.25) is 0 Å². The van der Waals surface area contributed by atoms with Crippen LogP contribution in [-0.4, -0.2) is 33.9 Å². The minimum Gasteiger partial charge on any atom is -0.497 e. The van der Waals surface area contributed by atoms with Crippen molar-refractivity contribution in [2.75, 3.05) is 24.8 Å². The van der Waals surface area contributed by atoms with E-state index in [9.17, 15) is 10.5 Å². The number of nitrogens with zero attached hydrogens (tertiary/aromatic N) is 8. The SMILES string of the molecule is CNc1nc(Nc2ccc(OC)cc2)c(C#N)c(C)c1N=Nc1c(C#N)c(C)nn1-c1ccccn1. The van der Waals surface area contributed by atoms with Crippen molar-refractivity contribution in [3.63, 3.8) is 0 Å². The van der Waals surface area contributed by atoms with Gasteiger partial charge in [-0.15, -0.1) is 10.2 Å². The molecule has 0 atom stereocenters. The molecule has 2 N–H and O–H groups in total. The molecule has 4 rings (SSSR count). The second-order valence-corrected chi connectivity index (χ2v) is 7.57. The summed E-state index contributed by atoms with van der Waals surface area (Å²) < 4.78 is 6.66. The summed E-state index contributed by atoms with van der Waals surface area (Å²) in [6, 6.07) is 17.0. The molecular formula is C25H22N10O. The van der Waals surface area contributed by atoms with Crippen LogP contribution < -0.4 is 15.4 Å². The number of benzene rings is 1. The summed E-state index contributed by atoms with van der Waals surface area (Å²) in [4.78, 5) is 8.87. The zero-order chi connectivity index (χ0) is 25.7. The van der Waals surface area contributed by atoms with Gasteiger partial charge >= 0.3 is 0 Å². The number of pyridine rings is 2. The Hall–Kier alpha value is -5.29. The Labute approximate surface area is 207 Å². The lowest BCUT2D eigenvalue weighted by atomic mass is 10.1. The zero-order valence-corrected chi connectivity index (χ0v) is 20.1. The van der Waals surface area contributed by atoms with Crippen molar-refractivity contribution in [1.82, 2.24) is 19.7 Å². The molecule has 0 unspecified atom stereocenters. The van der Waals surface area contributed by atoms with Gasteiger partial charge in [0, 0.05) is 24.5 Å². The van der Waals surface area contributed by atoms with Gasteiger partial charge in [-0.1, -0.05) is 6.07 Å². The van der Waals surface area contributed by atoms with Crippen molar-refractivity contribution < 1.29 is 4.74 Å². The van der Waals surface area contributed by atoms with Crippen molar-refractivity contribution in [3.05, 3.63) is 71.0 Å². The van der Waals surface area contributed by atoms with Gasteiger partial charge in [-0.25, -0.2) is 9.97 Å². The van der Waals surface area contributed by atoms with Crippen LogP contribution in [-0.2, 0) is 0 Å². The van der Waals surface area contributed by atoms with Crippen LogP contribution in [0.1, 0.15) is 22.4 Å². The number of azo groups is 1. The number of hydrogen-bond donors (Lipinski definition) is 2. The summed E-state index contributed by atoms with van der Waals surface area (Å²) in [5.41, 5.74) is 2.76. The van der Waals surface area contributed by atoms with E-state index in [0.29, 0.717) is 45.7 Å². The average molecular weight is 479 g/mol. The third-order valence-corrected chi connectivity index (χ3v) is 5.38. The fourth-order valence-electron chi connectivity index (χ4n) is 3.50. The highest BCUT2D eigenvalue weighted by molar-refractivity contribution is 5.76.